The fourth-order valence-corrected chi connectivity index (χ4v) is 2.40. The van der Waals surface area contributed by atoms with E-state index >= 15 is 0 Å². The average Bonchev–Trinajstić information content (AvgIpc) is 1.88. The van der Waals surface area contributed by atoms with Crippen LogP contribution in [0.4, 0.5) is 0 Å². The van der Waals surface area contributed by atoms with E-state index < -0.39 is 5.90 Å². The molecular weight excluding hydrogens is 179 g/mol. The Morgan fingerprint density at radius 1 is 1.30 bits per heavy atom. The maximum absolute atomic E-state index is 5.03. The Balaban J connectivity index is 2.67. The third-order valence-electron chi connectivity index (χ3n) is 1.20. The summed E-state index contributed by atoms with van der Waals surface area (Å²) in [4.78, 5) is 0. The summed E-state index contributed by atoms with van der Waals surface area (Å²) in [5.74, 6) is -0.809. The highest BCUT2D eigenvalue weighted by Crippen LogP contribution is 2.30. The van der Waals surface area contributed by atoms with Crippen molar-refractivity contribution in [3.8, 4) is 0 Å². The van der Waals surface area contributed by atoms with Crippen molar-refractivity contribution in [1.29, 1.82) is 0 Å². The van der Waals surface area contributed by atoms with Crippen LogP contribution in [0.2, 0.25) is 0 Å². The zero-order chi connectivity index (χ0) is 7.40. The third-order valence-corrected chi connectivity index (χ3v) is 2.82. The molecule has 0 heterocycles. The summed E-state index contributed by atoms with van der Waals surface area (Å²) in [7, 11) is 0. The second-order valence-corrected chi connectivity index (χ2v) is 7.20. The molecule has 0 aliphatic carbocycles. The van der Waals surface area contributed by atoms with Gasteiger partial charge in [-0.25, -0.2) is 0 Å². The van der Waals surface area contributed by atoms with Gasteiger partial charge in [0.25, 0.3) is 0 Å². The molecule has 1 rings (SSSR count). The van der Waals surface area contributed by atoms with E-state index in [1.165, 1.54) is 5.56 Å². The summed E-state index contributed by atoms with van der Waals surface area (Å²) in [5.41, 5.74) is 1.31. The van der Waals surface area contributed by atoms with Crippen LogP contribution in [0.25, 0.3) is 0 Å². The minimum absolute atomic E-state index is 0.809. The summed E-state index contributed by atoms with van der Waals surface area (Å²) in [6, 6.07) is 10.3. The molecule has 1 aromatic carbocycles. The molecule has 0 fully saturated rings. The summed E-state index contributed by atoms with van der Waals surface area (Å²) >= 11 is 9.25. The van der Waals surface area contributed by atoms with E-state index in [1.807, 2.05) is 18.2 Å². The van der Waals surface area contributed by atoms with Gasteiger partial charge in [-0.1, -0.05) is 42.1 Å². The smallest absolute Gasteiger partial charge is 0.00762 e. The summed E-state index contributed by atoms with van der Waals surface area (Å²) in [6.45, 7) is 0. The molecule has 0 aliphatic heterocycles. The van der Waals surface area contributed by atoms with Crippen LogP contribution in [-0.4, -0.2) is 0 Å². The van der Waals surface area contributed by atoms with Crippen LogP contribution in [0.15, 0.2) is 30.3 Å². The first kappa shape index (κ1) is 8.32. The van der Waals surface area contributed by atoms with Gasteiger partial charge in [-0.3, -0.25) is 0 Å². The van der Waals surface area contributed by atoms with Crippen molar-refractivity contribution in [3.63, 3.8) is 0 Å². The molecule has 0 radical (unpaired) electrons. The van der Waals surface area contributed by atoms with Crippen LogP contribution in [0.3, 0.4) is 0 Å². The van der Waals surface area contributed by atoms with Gasteiger partial charge in [-0.2, -0.15) is 0 Å². The van der Waals surface area contributed by atoms with Gasteiger partial charge in [-0.15, -0.1) is 12.2 Å². The van der Waals surface area contributed by atoms with E-state index in [1.54, 1.807) is 0 Å². The average molecular weight is 188 g/mol. The first-order valence-corrected chi connectivity index (χ1v) is 7.17. The minimum atomic E-state index is -0.809. The lowest BCUT2D eigenvalue weighted by molar-refractivity contribution is 1.42. The van der Waals surface area contributed by atoms with E-state index in [9.17, 15) is 0 Å². The first-order chi connectivity index (χ1) is 4.79. The Morgan fingerprint density at radius 3 is 2.40 bits per heavy atom. The minimum Gasteiger partial charge on any atom is -0.144 e. The molecule has 0 N–H and O–H groups in total. The Kier molecular flexibility index (Phi) is 3.47. The zero-order valence-electron chi connectivity index (χ0n) is 5.45. The highest BCUT2D eigenvalue weighted by atomic mass is 32.9. The molecule has 0 aliphatic rings. The van der Waals surface area contributed by atoms with Crippen molar-refractivity contribution in [2.75, 3.05) is 0 Å². The second-order valence-electron chi connectivity index (χ2n) is 2.06. The molecular formula is C7H9PS2. The van der Waals surface area contributed by atoms with Gasteiger partial charge < -0.3 is 0 Å². The number of rotatable bonds is 2. The predicted molar refractivity (Wildman–Crippen MR) is 54.8 cm³/mol. The lowest BCUT2D eigenvalue weighted by Crippen LogP contribution is -1.73. The van der Waals surface area contributed by atoms with Crippen molar-refractivity contribution < 1.29 is 0 Å². The molecule has 0 nitrogen and oxygen atoms in total. The normalized spacial score (nSPS) is 12.9. The maximum atomic E-state index is 5.03. The van der Waals surface area contributed by atoms with Gasteiger partial charge >= 0.3 is 0 Å². The molecule has 0 saturated carbocycles. The van der Waals surface area contributed by atoms with E-state index in [4.69, 9.17) is 11.8 Å². The van der Waals surface area contributed by atoms with Gasteiger partial charge in [-0.05, 0) is 11.5 Å². The third kappa shape index (κ3) is 2.87. The van der Waals surface area contributed by atoms with E-state index in [-0.39, 0.29) is 0 Å². The monoisotopic (exact) mass is 188 g/mol. The fraction of sp³-hybridized carbons (Fsp3) is 0.143. The summed E-state index contributed by atoms with van der Waals surface area (Å²) in [5, 5.41) is 0. The topological polar surface area (TPSA) is 0 Å². The quantitative estimate of drug-likeness (QED) is 0.550. The SMILES string of the molecule is S=[PH](S)Cc1ccccc1. The molecule has 1 aromatic rings. The van der Waals surface area contributed by atoms with Crippen molar-refractivity contribution in [1.82, 2.24) is 0 Å². The Labute approximate surface area is 72.2 Å². The highest BCUT2D eigenvalue weighted by Gasteiger charge is 1.89. The summed E-state index contributed by atoms with van der Waals surface area (Å²) < 4.78 is 0. The molecule has 10 heavy (non-hydrogen) atoms. The largest absolute Gasteiger partial charge is 0.144 e. The van der Waals surface area contributed by atoms with E-state index in [0.29, 0.717) is 0 Å². The van der Waals surface area contributed by atoms with Gasteiger partial charge in [0.05, 0.1) is 0 Å². The van der Waals surface area contributed by atoms with Crippen molar-refractivity contribution >= 4 is 30.0 Å². The Morgan fingerprint density at radius 2 is 1.90 bits per heavy atom. The zero-order valence-corrected chi connectivity index (χ0v) is 8.16. The van der Waals surface area contributed by atoms with Crippen LogP contribution in [0, 0.1) is 0 Å². The lowest BCUT2D eigenvalue weighted by atomic mass is 10.2. The number of benzene rings is 1. The number of thiol groups is 1. The van der Waals surface area contributed by atoms with Crippen LogP contribution in [-0.2, 0) is 18.0 Å². The maximum Gasteiger partial charge on any atom is 0.00762 e. The fourth-order valence-electron chi connectivity index (χ4n) is 0.770. The van der Waals surface area contributed by atoms with Crippen LogP contribution in [0.5, 0.6) is 0 Å². The van der Waals surface area contributed by atoms with Gasteiger partial charge in [0.2, 0.25) is 0 Å². The van der Waals surface area contributed by atoms with Crippen molar-refractivity contribution in [2.24, 2.45) is 0 Å². The molecule has 54 valence electrons. The lowest BCUT2D eigenvalue weighted by Gasteiger charge is -1.96. The predicted octanol–water partition coefficient (Wildman–Crippen LogP) is 2.71. The van der Waals surface area contributed by atoms with Crippen LogP contribution in [0.1, 0.15) is 5.56 Å². The molecule has 0 saturated heterocycles. The van der Waals surface area contributed by atoms with Gasteiger partial charge in [0.15, 0.2) is 0 Å². The van der Waals surface area contributed by atoms with Crippen LogP contribution < -0.4 is 0 Å². The first-order valence-electron chi connectivity index (χ1n) is 3.05. The Bertz CT molecular complexity index is 220. The Hall–Kier alpha value is 0.220. The van der Waals surface area contributed by atoms with Crippen LogP contribution >= 0.6 is 18.1 Å². The second kappa shape index (κ2) is 4.17. The molecule has 0 bridgehead atoms. The van der Waals surface area contributed by atoms with Crippen molar-refractivity contribution in [2.45, 2.75) is 6.16 Å². The molecule has 1 atom stereocenters. The molecule has 1 unspecified atom stereocenters. The van der Waals surface area contributed by atoms with E-state index in [2.05, 4.69) is 24.4 Å². The van der Waals surface area contributed by atoms with Crippen molar-refractivity contribution in [3.05, 3.63) is 35.9 Å². The number of hydrogen-bond acceptors (Lipinski definition) is 1. The molecule has 0 spiro atoms. The number of hydrogen-bond donors (Lipinski definition) is 1. The van der Waals surface area contributed by atoms with Gasteiger partial charge in [0.1, 0.15) is 0 Å². The van der Waals surface area contributed by atoms with Gasteiger partial charge in [0, 0.05) is 6.16 Å². The highest BCUT2D eigenvalue weighted by molar-refractivity contribution is 8.55. The molecule has 0 aromatic heterocycles. The summed E-state index contributed by atoms with van der Waals surface area (Å²) in [6.07, 6.45) is 0.976. The molecule has 3 heteroatoms. The van der Waals surface area contributed by atoms with E-state index in [0.717, 1.165) is 6.16 Å². The standard InChI is InChI=1S/C7H9PS2/c9-8(10)6-7-4-2-1-3-5-7/h1-5,8H,6H2,(H,9,10). The molecule has 0 amide bonds.